The van der Waals surface area contributed by atoms with Crippen LogP contribution in [0.2, 0.25) is 0 Å². The molecule has 1 aliphatic rings. The third kappa shape index (κ3) is 2.82. The molecule has 1 saturated heterocycles. The molecule has 0 aromatic heterocycles. The molecule has 1 fully saturated rings. The molecule has 0 saturated carbocycles. The van der Waals surface area contributed by atoms with Crippen molar-refractivity contribution >= 4 is 5.97 Å². The maximum Gasteiger partial charge on any atom is 0.337 e. The molecule has 0 aliphatic carbocycles. The van der Waals surface area contributed by atoms with Gasteiger partial charge in [-0.1, -0.05) is 0 Å². The molecule has 1 aliphatic heterocycles. The van der Waals surface area contributed by atoms with Gasteiger partial charge in [-0.25, -0.2) is 9.18 Å². The van der Waals surface area contributed by atoms with E-state index in [-0.39, 0.29) is 5.82 Å². The molecule has 1 aromatic rings. The number of benzene rings is 1. The largest absolute Gasteiger partial charge is 0.465 e. The smallest absolute Gasteiger partial charge is 0.337 e. The van der Waals surface area contributed by atoms with Crippen LogP contribution in [0.3, 0.4) is 0 Å². The zero-order valence-corrected chi connectivity index (χ0v) is 9.83. The predicted octanol–water partition coefficient (Wildman–Crippen LogP) is 2.08. The van der Waals surface area contributed by atoms with Crippen LogP contribution in [0, 0.1) is 5.82 Å². The maximum atomic E-state index is 13.5. The fourth-order valence-electron chi connectivity index (χ4n) is 2.24. The summed E-state index contributed by atoms with van der Waals surface area (Å²) >= 11 is 0. The van der Waals surface area contributed by atoms with Crippen LogP contribution in [0.1, 0.15) is 34.7 Å². The Morgan fingerprint density at radius 2 is 2.06 bits per heavy atom. The van der Waals surface area contributed by atoms with E-state index in [4.69, 9.17) is 0 Å². The van der Waals surface area contributed by atoms with Gasteiger partial charge in [-0.2, -0.15) is 0 Å². The summed E-state index contributed by atoms with van der Waals surface area (Å²) in [5.74, 6) is -0.531. The summed E-state index contributed by atoms with van der Waals surface area (Å²) in [6.07, 6.45) is 1.95. The Labute approximate surface area is 100.0 Å². The predicted molar refractivity (Wildman–Crippen MR) is 62.6 cm³/mol. The van der Waals surface area contributed by atoms with Crippen LogP contribution in [0.5, 0.6) is 0 Å². The zero-order chi connectivity index (χ0) is 12.3. The van der Waals surface area contributed by atoms with E-state index < -0.39 is 5.97 Å². The third-order valence-corrected chi connectivity index (χ3v) is 3.15. The third-order valence-electron chi connectivity index (χ3n) is 3.15. The van der Waals surface area contributed by atoms with Crippen molar-refractivity contribution in [3.05, 3.63) is 35.1 Å². The number of carbonyl (C=O) groups is 1. The van der Waals surface area contributed by atoms with E-state index in [1.807, 2.05) is 0 Å². The second-order valence-electron chi connectivity index (χ2n) is 4.29. The van der Waals surface area contributed by atoms with Crippen LogP contribution in [0.25, 0.3) is 0 Å². The van der Waals surface area contributed by atoms with Crippen molar-refractivity contribution in [2.45, 2.75) is 18.8 Å². The minimum absolute atomic E-state index is 0.293. The first-order valence-corrected chi connectivity index (χ1v) is 5.80. The average Bonchev–Trinajstić information content (AvgIpc) is 2.38. The normalized spacial score (nSPS) is 16.8. The lowest BCUT2D eigenvalue weighted by Crippen LogP contribution is -2.26. The molecular weight excluding hydrogens is 221 g/mol. The maximum absolute atomic E-state index is 13.5. The number of rotatable bonds is 2. The number of halogens is 1. The van der Waals surface area contributed by atoms with E-state index in [2.05, 4.69) is 10.1 Å². The first kappa shape index (κ1) is 12.0. The van der Waals surface area contributed by atoms with Crippen LogP contribution < -0.4 is 5.32 Å². The van der Waals surface area contributed by atoms with Gasteiger partial charge in [-0.3, -0.25) is 0 Å². The van der Waals surface area contributed by atoms with Crippen LogP contribution in [-0.2, 0) is 4.74 Å². The molecule has 0 spiro atoms. The van der Waals surface area contributed by atoms with E-state index in [0.29, 0.717) is 11.5 Å². The molecule has 0 atom stereocenters. The molecule has 0 unspecified atom stereocenters. The fraction of sp³-hybridized carbons (Fsp3) is 0.462. The van der Waals surface area contributed by atoms with Crippen molar-refractivity contribution < 1.29 is 13.9 Å². The summed E-state index contributed by atoms with van der Waals surface area (Å²) in [4.78, 5) is 11.4. The summed E-state index contributed by atoms with van der Waals surface area (Å²) in [5, 5.41) is 3.26. The SMILES string of the molecule is COC(=O)c1cc(F)cc(C2CCNCC2)c1. The first-order valence-electron chi connectivity index (χ1n) is 5.80. The number of carbonyl (C=O) groups excluding carboxylic acids is 1. The molecule has 0 amide bonds. The molecule has 2 rings (SSSR count). The number of nitrogens with one attached hydrogen (secondary N) is 1. The minimum Gasteiger partial charge on any atom is -0.465 e. The van der Waals surface area contributed by atoms with Crippen molar-refractivity contribution in [3.8, 4) is 0 Å². The average molecular weight is 237 g/mol. The van der Waals surface area contributed by atoms with Gasteiger partial charge in [0, 0.05) is 0 Å². The highest BCUT2D eigenvalue weighted by Gasteiger charge is 2.18. The van der Waals surface area contributed by atoms with E-state index in [1.54, 1.807) is 6.07 Å². The molecule has 0 radical (unpaired) electrons. The Balaban J connectivity index is 2.27. The lowest BCUT2D eigenvalue weighted by molar-refractivity contribution is 0.0600. The summed E-state index contributed by atoms with van der Waals surface area (Å²) in [6.45, 7) is 1.88. The van der Waals surface area contributed by atoms with Crippen molar-refractivity contribution in [1.29, 1.82) is 0 Å². The second kappa shape index (κ2) is 5.27. The molecule has 92 valence electrons. The van der Waals surface area contributed by atoms with Gasteiger partial charge in [0.15, 0.2) is 0 Å². The van der Waals surface area contributed by atoms with Gasteiger partial charge in [0.2, 0.25) is 0 Å². The minimum atomic E-state index is -0.486. The number of hydrogen-bond acceptors (Lipinski definition) is 3. The highest BCUT2D eigenvalue weighted by Crippen LogP contribution is 2.26. The summed E-state index contributed by atoms with van der Waals surface area (Å²) in [7, 11) is 1.30. The Bertz CT molecular complexity index is 414. The quantitative estimate of drug-likeness (QED) is 0.800. The van der Waals surface area contributed by atoms with Crippen LogP contribution in [-0.4, -0.2) is 26.2 Å². The monoisotopic (exact) mass is 237 g/mol. The molecule has 1 aromatic carbocycles. The molecule has 17 heavy (non-hydrogen) atoms. The van der Waals surface area contributed by atoms with Crippen LogP contribution in [0.15, 0.2) is 18.2 Å². The van der Waals surface area contributed by atoms with Gasteiger partial charge in [-0.15, -0.1) is 0 Å². The van der Waals surface area contributed by atoms with Crippen molar-refractivity contribution in [1.82, 2.24) is 5.32 Å². The van der Waals surface area contributed by atoms with Gasteiger partial charge in [0.1, 0.15) is 5.82 Å². The Hall–Kier alpha value is -1.42. The Kier molecular flexibility index (Phi) is 3.74. The second-order valence-corrected chi connectivity index (χ2v) is 4.29. The van der Waals surface area contributed by atoms with Gasteiger partial charge in [0.25, 0.3) is 0 Å². The molecule has 1 heterocycles. The fourth-order valence-corrected chi connectivity index (χ4v) is 2.24. The molecule has 3 nitrogen and oxygen atoms in total. The summed E-state index contributed by atoms with van der Waals surface area (Å²) in [5.41, 5.74) is 1.19. The number of ether oxygens (including phenoxy) is 1. The lowest BCUT2D eigenvalue weighted by atomic mass is 9.89. The Morgan fingerprint density at radius 3 is 2.71 bits per heavy atom. The van der Waals surface area contributed by atoms with Gasteiger partial charge in [0.05, 0.1) is 12.7 Å². The van der Waals surface area contributed by atoms with Gasteiger partial charge in [-0.05, 0) is 55.6 Å². The summed E-state index contributed by atoms with van der Waals surface area (Å²) < 4.78 is 18.1. The van der Waals surface area contributed by atoms with Gasteiger partial charge < -0.3 is 10.1 Å². The highest BCUT2D eigenvalue weighted by molar-refractivity contribution is 5.89. The standard InChI is InChI=1S/C13H16FNO2/c1-17-13(16)11-6-10(7-12(14)8-11)9-2-4-15-5-3-9/h6-9,15H,2-5H2,1H3. The van der Waals surface area contributed by atoms with Crippen LogP contribution >= 0.6 is 0 Å². The first-order chi connectivity index (χ1) is 8.20. The molecular formula is C13H16FNO2. The van der Waals surface area contributed by atoms with E-state index >= 15 is 0 Å². The molecule has 4 heteroatoms. The lowest BCUT2D eigenvalue weighted by Gasteiger charge is -2.23. The van der Waals surface area contributed by atoms with E-state index in [9.17, 15) is 9.18 Å². The molecule has 1 N–H and O–H groups in total. The number of hydrogen-bond donors (Lipinski definition) is 1. The van der Waals surface area contributed by atoms with Gasteiger partial charge >= 0.3 is 5.97 Å². The van der Waals surface area contributed by atoms with E-state index in [1.165, 1.54) is 19.2 Å². The van der Waals surface area contributed by atoms with Crippen molar-refractivity contribution in [3.63, 3.8) is 0 Å². The number of methoxy groups -OCH3 is 1. The van der Waals surface area contributed by atoms with Crippen molar-refractivity contribution in [2.24, 2.45) is 0 Å². The topological polar surface area (TPSA) is 38.3 Å². The Morgan fingerprint density at radius 1 is 1.35 bits per heavy atom. The molecule has 0 bridgehead atoms. The zero-order valence-electron chi connectivity index (χ0n) is 9.83. The summed E-state index contributed by atoms with van der Waals surface area (Å²) in [6, 6.07) is 4.48. The number of esters is 1. The highest BCUT2D eigenvalue weighted by atomic mass is 19.1. The number of piperidine rings is 1. The van der Waals surface area contributed by atoms with Crippen molar-refractivity contribution in [2.75, 3.05) is 20.2 Å². The van der Waals surface area contributed by atoms with Crippen LogP contribution in [0.4, 0.5) is 4.39 Å². The van der Waals surface area contributed by atoms with E-state index in [0.717, 1.165) is 31.5 Å².